The van der Waals surface area contributed by atoms with Gasteiger partial charge < -0.3 is 15.4 Å². The summed E-state index contributed by atoms with van der Waals surface area (Å²) >= 11 is 0. The van der Waals surface area contributed by atoms with Crippen LogP contribution in [0.15, 0.2) is 12.1 Å². The highest BCUT2D eigenvalue weighted by Gasteiger charge is 2.31. The fourth-order valence-electron chi connectivity index (χ4n) is 3.36. The quantitative estimate of drug-likeness (QED) is 0.613. The molecule has 0 bridgehead atoms. The van der Waals surface area contributed by atoms with E-state index in [0.29, 0.717) is 5.92 Å². The summed E-state index contributed by atoms with van der Waals surface area (Å²) in [7, 11) is 1.74. The van der Waals surface area contributed by atoms with E-state index in [1.54, 1.807) is 7.11 Å². The third kappa shape index (κ3) is 2.25. The fourth-order valence-corrected chi connectivity index (χ4v) is 3.36. The maximum absolute atomic E-state index is 7.62. The highest BCUT2D eigenvalue weighted by molar-refractivity contribution is 5.85. The molecule has 1 aromatic rings. The van der Waals surface area contributed by atoms with Crippen molar-refractivity contribution in [3.8, 4) is 5.75 Å². The van der Waals surface area contributed by atoms with Crippen LogP contribution >= 0.6 is 12.4 Å². The Bertz CT molecular complexity index is 504. The molecule has 1 aromatic carbocycles. The molecule has 19 heavy (non-hydrogen) atoms. The molecule has 4 nitrogen and oxygen atoms in total. The lowest BCUT2D eigenvalue weighted by Crippen LogP contribution is -2.42. The lowest BCUT2D eigenvalue weighted by Gasteiger charge is -2.39. The Kier molecular flexibility index (Phi) is 3.90. The van der Waals surface area contributed by atoms with Gasteiger partial charge in [0.2, 0.25) is 0 Å². The van der Waals surface area contributed by atoms with Crippen LogP contribution in [0.25, 0.3) is 0 Å². The number of hydrogen-bond donors (Lipinski definition) is 2. The molecule has 0 saturated heterocycles. The summed E-state index contributed by atoms with van der Waals surface area (Å²) in [5.74, 6) is 1.72. The summed E-state index contributed by atoms with van der Waals surface area (Å²) in [6.45, 7) is 1.64. The van der Waals surface area contributed by atoms with Gasteiger partial charge in [0, 0.05) is 19.0 Å². The van der Waals surface area contributed by atoms with Crippen LogP contribution in [-0.2, 0) is 13.0 Å². The minimum Gasteiger partial charge on any atom is -0.496 e. The van der Waals surface area contributed by atoms with Crippen molar-refractivity contribution in [3.63, 3.8) is 0 Å². The first-order valence-corrected chi connectivity index (χ1v) is 6.48. The van der Waals surface area contributed by atoms with E-state index < -0.39 is 0 Å². The van der Waals surface area contributed by atoms with E-state index in [9.17, 15) is 0 Å². The van der Waals surface area contributed by atoms with Crippen LogP contribution in [0.4, 0.5) is 0 Å². The van der Waals surface area contributed by atoms with Crippen molar-refractivity contribution in [2.45, 2.75) is 31.7 Å². The number of benzene rings is 1. The maximum atomic E-state index is 7.62. The minimum absolute atomic E-state index is 0. The third-order valence-corrected chi connectivity index (χ3v) is 4.15. The first-order valence-electron chi connectivity index (χ1n) is 6.48. The molecule has 104 valence electrons. The Hall–Kier alpha value is -1.42. The normalized spacial score (nSPS) is 20.3. The van der Waals surface area contributed by atoms with Gasteiger partial charge in [-0.05, 0) is 42.0 Å². The number of nitrogens with one attached hydrogen (secondary N) is 1. The molecule has 0 fully saturated rings. The van der Waals surface area contributed by atoms with Crippen LogP contribution in [0.1, 0.15) is 35.4 Å². The Morgan fingerprint density at radius 3 is 2.95 bits per heavy atom. The zero-order valence-corrected chi connectivity index (χ0v) is 11.9. The molecule has 1 heterocycles. The zero-order chi connectivity index (χ0) is 12.7. The van der Waals surface area contributed by atoms with Gasteiger partial charge >= 0.3 is 0 Å². The van der Waals surface area contributed by atoms with Gasteiger partial charge in [0.1, 0.15) is 5.75 Å². The molecular weight excluding hydrogens is 262 g/mol. The van der Waals surface area contributed by atoms with E-state index in [-0.39, 0.29) is 18.4 Å². The van der Waals surface area contributed by atoms with Gasteiger partial charge in [0.15, 0.2) is 5.96 Å². The van der Waals surface area contributed by atoms with Crippen LogP contribution in [-0.4, -0.2) is 24.5 Å². The third-order valence-electron chi connectivity index (χ3n) is 4.15. The molecule has 2 aliphatic rings. The fraction of sp³-hybridized carbons (Fsp3) is 0.500. The smallest absolute Gasteiger partial charge is 0.188 e. The highest BCUT2D eigenvalue weighted by Crippen LogP contribution is 2.42. The molecule has 3 N–H and O–H groups in total. The van der Waals surface area contributed by atoms with E-state index in [4.69, 9.17) is 15.9 Å². The van der Waals surface area contributed by atoms with Gasteiger partial charge in [0.25, 0.3) is 0 Å². The molecule has 0 aromatic heterocycles. The van der Waals surface area contributed by atoms with Crippen LogP contribution in [0, 0.1) is 5.41 Å². The average Bonchev–Trinajstić information content (AvgIpc) is 2.39. The topological polar surface area (TPSA) is 62.3 Å². The number of nitrogens with zero attached hydrogens (tertiary/aromatic N) is 1. The molecule has 0 radical (unpaired) electrons. The number of ether oxygens (including phenoxy) is 1. The summed E-state index contributed by atoms with van der Waals surface area (Å²) in [5, 5.41) is 7.62. The second-order valence-electron chi connectivity index (χ2n) is 5.17. The molecule has 1 aliphatic carbocycles. The van der Waals surface area contributed by atoms with E-state index in [0.717, 1.165) is 25.3 Å². The van der Waals surface area contributed by atoms with Crippen molar-refractivity contribution in [2.24, 2.45) is 5.73 Å². The van der Waals surface area contributed by atoms with Crippen LogP contribution in [0.2, 0.25) is 0 Å². The van der Waals surface area contributed by atoms with Crippen molar-refractivity contribution in [1.29, 1.82) is 5.41 Å². The Morgan fingerprint density at radius 1 is 1.47 bits per heavy atom. The summed E-state index contributed by atoms with van der Waals surface area (Å²) in [4.78, 5) is 1.97. The monoisotopic (exact) mass is 281 g/mol. The van der Waals surface area contributed by atoms with Crippen LogP contribution < -0.4 is 10.5 Å². The number of rotatable bonds is 1. The lowest BCUT2D eigenvalue weighted by atomic mass is 9.77. The summed E-state index contributed by atoms with van der Waals surface area (Å²) in [5.41, 5.74) is 9.81. The first-order chi connectivity index (χ1) is 8.70. The summed E-state index contributed by atoms with van der Waals surface area (Å²) in [6.07, 6.45) is 3.50. The summed E-state index contributed by atoms with van der Waals surface area (Å²) < 4.78 is 5.48. The number of nitrogens with two attached hydrogens (primary N) is 1. The first kappa shape index (κ1) is 14.0. The predicted molar refractivity (Wildman–Crippen MR) is 78.2 cm³/mol. The Balaban J connectivity index is 0.00000133. The standard InChI is InChI=1S/C14H19N3O.ClH/c1-18-12-6-5-10-8-17(14(15)16)7-9-3-2-4-11(12)13(9)10;/h5-6,9H,2-4,7-8H2,1H3,(H3,15,16);1H. The summed E-state index contributed by atoms with van der Waals surface area (Å²) in [6, 6.07) is 4.19. The molecule has 3 rings (SSSR count). The second kappa shape index (κ2) is 5.29. The number of hydrogen-bond acceptors (Lipinski definition) is 2. The van der Waals surface area contributed by atoms with E-state index in [1.807, 2.05) is 4.90 Å². The van der Waals surface area contributed by atoms with Gasteiger partial charge in [-0.15, -0.1) is 12.4 Å². The van der Waals surface area contributed by atoms with Crippen molar-refractivity contribution in [1.82, 2.24) is 4.90 Å². The van der Waals surface area contributed by atoms with Crippen molar-refractivity contribution in [3.05, 3.63) is 28.8 Å². The van der Waals surface area contributed by atoms with Gasteiger partial charge in [-0.2, -0.15) is 0 Å². The molecule has 0 saturated carbocycles. The number of guanidine groups is 1. The molecule has 1 aliphatic heterocycles. The lowest BCUT2D eigenvalue weighted by molar-refractivity contribution is 0.319. The average molecular weight is 282 g/mol. The predicted octanol–water partition coefficient (Wildman–Crippen LogP) is 2.25. The van der Waals surface area contributed by atoms with E-state index >= 15 is 0 Å². The Labute approximate surface area is 119 Å². The second-order valence-corrected chi connectivity index (χ2v) is 5.17. The van der Waals surface area contributed by atoms with Crippen molar-refractivity contribution >= 4 is 18.4 Å². The van der Waals surface area contributed by atoms with E-state index in [2.05, 4.69) is 12.1 Å². The van der Waals surface area contributed by atoms with Crippen molar-refractivity contribution in [2.75, 3.05) is 13.7 Å². The van der Waals surface area contributed by atoms with E-state index in [1.165, 1.54) is 29.5 Å². The number of halogens is 1. The van der Waals surface area contributed by atoms with Gasteiger partial charge in [0.05, 0.1) is 7.11 Å². The molecule has 1 atom stereocenters. The van der Waals surface area contributed by atoms with Gasteiger partial charge in [-0.25, -0.2) is 0 Å². The van der Waals surface area contributed by atoms with Crippen LogP contribution in [0.5, 0.6) is 5.75 Å². The van der Waals surface area contributed by atoms with Crippen molar-refractivity contribution < 1.29 is 4.74 Å². The number of methoxy groups -OCH3 is 1. The molecule has 0 spiro atoms. The maximum Gasteiger partial charge on any atom is 0.188 e. The molecule has 1 unspecified atom stereocenters. The SMILES string of the molecule is COc1ccc2c3c1CCCC3CN(C(=N)N)C2.Cl. The van der Waals surface area contributed by atoms with Crippen LogP contribution in [0.3, 0.4) is 0 Å². The molecule has 0 amide bonds. The zero-order valence-electron chi connectivity index (χ0n) is 11.1. The molecule has 5 heteroatoms. The van der Waals surface area contributed by atoms with Gasteiger partial charge in [-0.1, -0.05) is 6.07 Å². The molecular formula is C14H20ClN3O. The largest absolute Gasteiger partial charge is 0.496 e. The highest BCUT2D eigenvalue weighted by atomic mass is 35.5. The Morgan fingerprint density at radius 2 is 2.26 bits per heavy atom. The van der Waals surface area contributed by atoms with Gasteiger partial charge in [-0.3, -0.25) is 5.41 Å². The minimum atomic E-state index is 0.